The van der Waals surface area contributed by atoms with Gasteiger partial charge in [0.2, 0.25) is 0 Å². The number of nitrogens with one attached hydrogen (secondary N) is 1. The molecule has 1 aromatic heterocycles. The number of hydrogen-bond donors (Lipinski definition) is 3. The lowest BCUT2D eigenvalue weighted by molar-refractivity contribution is 0.443. The standard InChI is InChI=1S/C21H24N4O2S/c1-12(2)16-9-17(20(27)10-19(16)26)13(3)25(21(28)22-4)15-6-7-18-14(8-15)11-23-24(18)5/h6-12,26-27H,3H2,1-2,4-5H3,(H,22,28). The Morgan fingerprint density at radius 1 is 1.21 bits per heavy atom. The summed E-state index contributed by atoms with van der Waals surface area (Å²) >= 11 is 5.52. The third-order valence-electron chi connectivity index (χ3n) is 4.75. The molecular formula is C21H24N4O2S. The number of aryl methyl sites for hydroxylation is 1. The van der Waals surface area contributed by atoms with Gasteiger partial charge in [-0.25, -0.2) is 0 Å². The van der Waals surface area contributed by atoms with Crippen molar-refractivity contribution >= 4 is 39.6 Å². The maximum absolute atomic E-state index is 10.5. The summed E-state index contributed by atoms with van der Waals surface area (Å²) in [6, 6.07) is 8.97. The summed E-state index contributed by atoms with van der Waals surface area (Å²) in [6.45, 7) is 8.14. The summed E-state index contributed by atoms with van der Waals surface area (Å²) in [7, 11) is 3.63. The molecule has 0 spiro atoms. The maximum Gasteiger partial charge on any atom is 0.177 e. The van der Waals surface area contributed by atoms with Crippen molar-refractivity contribution in [2.24, 2.45) is 7.05 Å². The van der Waals surface area contributed by atoms with Gasteiger partial charge in [0.05, 0.1) is 17.4 Å². The number of thiocarbonyl (C=S) groups is 1. The zero-order valence-electron chi connectivity index (χ0n) is 16.4. The average Bonchev–Trinajstić information content (AvgIpc) is 3.01. The van der Waals surface area contributed by atoms with E-state index in [1.165, 1.54) is 6.07 Å². The predicted molar refractivity (Wildman–Crippen MR) is 118 cm³/mol. The highest BCUT2D eigenvalue weighted by Gasteiger charge is 2.21. The number of rotatable bonds is 4. The van der Waals surface area contributed by atoms with Crippen LogP contribution in [0.1, 0.15) is 30.9 Å². The van der Waals surface area contributed by atoms with E-state index >= 15 is 0 Å². The van der Waals surface area contributed by atoms with E-state index in [0.717, 1.165) is 22.2 Å². The van der Waals surface area contributed by atoms with E-state index in [-0.39, 0.29) is 17.4 Å². The van der Waals surface area contributed by atoms with Gasteiger partial charge >= 0.3 is 0 Å². The highest BCUT2D eigenvalue weighted by atomic mass is 32.1. The van der Waals surface area contributed by atoms with Gasteiger partial charge in [0.25, 0.3) is 0 Å². The van der Waals surface area contributed by atoms with Gasteiger partial charge in [-0.05, 0) is 48.0 Å². The zero-order valence-corrected chi connectivity index (χ0v) is 17.2. The second-order valence-electron chi connectivity index (χ2n) is 6.93. The Hall–Kier alpha value is -3.06. The highest BCUT2D eigenvalue weighted by Crippen LogP contribution is 2.38. The molecule has 7 heteroatoms. The number of phenolic OH excluding ortho intramolecular Hbond substituents is 2. The van der Waals surface area contributed by atoms with E-state index in [0.29, 0.717) is 16.4 Å². The molecule has 0 unspecified atom stereocenters. The molecule has 0 saturated heterocycles. The van der Waals surface area contributed by atoms with Crippen LogP contribution in [0.5, 0.6) is 11.5 Å². The van der Waals surface area contributed by atoms with Crippen molar-refractivity contribution < 1.29 is 10.2 Å². The first kappa shape index (κ1) is 19.7. The van der Waals surface area contributed by atoms with Crippen LogP contribution in [-0.2, 0) is 7.05 Å². The van der Waals surface area contributed by atoms with Crippen molar-refractivity contribution in [2.75, 3.05) is 11.9 Å². The van der Waals surface area contributed by atoms with Crippen LogP contribution in [0.3, 0.4) is 0 Å². The Labute approximate surface area is 169 Å². The van der Waals surface area contributed by atoms with Crippen LogP contribution in [0.25, 0.3) is 16.6 Å². The lowest BCUT2D eigenvalue weighted by Gasteiger charge is -2.28. The first-order valence-electron chi connectivity index (χ1n) is 8.93. The van der Waals surface area contributed by atoms with E-state index in [1.54, 1.807) is 28.9 Å². The van der Waals surface area contributed by atoms with E-state index in [9.17, 15) is 10.2 Å². The number of nitrogens with zero attached hydrogens (tertiary/aromatic N) is 3. The number of anilines is 1. The fourth-order valence-electron chi connectivity index (χ4n) is 3.21. The second-order valence-corrected chi connectivity index (χ2v) is 7.32. The molecule has 0 saturated carbocycles. The first-order chi connectivity index (χ1) is 13.2. The third-order valence-corrected chi connectivity index (χ3v) is 5.14. The van der Waals surface area contributed by atoms with Crippen LogP contribution >= 0.6 is 12.2 Å². The molecule has 1 heterocycles. The van der Waals surface area contributed by atoms with E-state index in [4.69, 9.17) is 12.2 Å². The van der Waals surface area contributed by atoms with Gasteiger partial charge in [-0.15, -0.1) is 0 Å². The topological polar surface area (TPSA) is 73.6 Å². The first-order valence-corrected chi connectivity index (χ1v) is 9.34. The molecule has 0 radical (unpaired) electrons. The molecule has 0 aliphatic carbocycles. The highest BCUT2D eigenvalue weighted by molar-refractivity contribution is 7.80. The van der Waals surface area contributed by atoms with Crippen molar-refractivity contribution in [1.29, 1.82) is 0 Å². The Kier molecular flexibility index (Phi) is 5.29. The SMILES string of the molecule is C=C(c1cc(C(C)C)c(O)cc1O)N(C(=S)NC)c1ccc2c(cnn2C)c1. The van der Waals surface area contributed by atoms with Crippen LogP contribution in [0, 0.1) is 0 Å². The Morgan fingerprint density at radius 3 is 2.57 bits per heavy atom. The van der Waals surface area contributed by atoms with Gasteiger partial charge in [0.15, 0.2) is 5.11 Å². The van der Waals surface area contributed by atoms with Crippen LogP contribution in [-0.4, -0.2) is 32.2 Å². The molecule has 3 rings (SSSR count). The van der Waals surface area contributed by atoms with E-state index in [2.05, 4.69) is 17.0 Å². The number of aromatic hydroxyl groups is 2. The summed E-state index contributed by atoms with van der Waals surface area (Å²) in [5.41, 5.74) is 3.53. The maximum atomic E-state index is 10.5. The van der Waals surface area contributed by atoms with Crippen LogP contribution < -0.4 is 10.2 Å². The second kappa shape index (κ2) is 7.52. The van der Waals surface area contributed by atoms with Crippen LogP contribution in [0.15, 0.2) is 43.1 Å². The molecule has 0 atom stereocenters. The molecule has 28 heavy (non-hydrogen) atoms. The molecule has 0 aliphatic heterocycles. The quantitative estimate of drug-likeness (QED) is 0.577. The van der Waals surface area contributed by atoms with Crippen molar-refractivity contribution in [3.8, 4) is 11.5 Å². The summed E-state index contributed by atoms with van der Waals surface area (Å²) in [5, 5.41) is 29.3. The number of hydrogen-bond acceptors (Lipinski definition) is 4. The lowest BCUT2D eigenvalue weighted by Crippen LogP contribution is -2.36. The van der Waals surface area contributed by atoms with Crippen LogP contribution in [0.2, 0.25) is 0 Å². The molecule has 146 valence electrons. The van der Waals surface area contributed by atoms with E-state index in [1.807, 2.05) is 39.1 Å². The van der Waals surface area contributed by atoms with Crippen molar-refractivity contribution in [1.82, 2.24) is 15.1 Å². The molecule has 2 aromatic carbocycles. The Bertz CT molecular complexity index is 1070. The molecule has 6 nitrogen and oxygen atoms in total. The number of fused-ring (bicyclic) bond motifs is 1. The Balaban J connectivity index is 2.13. The van der Waals surface area contributed by atoms with Crippen LogP contribution in [0.4, 0.5) is 5.69 Å². The molecule has 3 N–H and O–H groups in total. The summed E-state index contributed by atoms with van der Waals surface area (Å²) in [4.78, 5) is 1.76. The van der Waals surface area contributed by atoms with Gasteiger partial charge in [0, 0.05) is 36.8 Å². The molecule has 0 amide bonds. The van der Waals surface area contributed by atoms with Crippen molar-refractivity contribution in [2.45, 2.75) is 19.8 Å². The summed E-state index contributed by atoms with van der Waals surface area (Å²) in [5.74, 6) is 0.0884. The average molecular weight is 397 g/mol. The van der Waals surface area contributed by atoms with Gasteiger partial charge in [-0.2, -0.15) is 5.10 Å². The van der Waals surface area contributed by atoms with Gasteiger partial charge in [-0.3, -0.25) is 9.58 Å². The minimum Gasteiger partial charge on any atom is -0.508 e. The van der Waals surface area contributed by atoms with Crippen molar-refractivity contribution in [3.05, 3.63) is 54.2 Å². The summed E-state index contributed by atoms with van der Waals surface area (Å²) < 4.78 is 1.80. The minimum atomic E-state index is -0.0572. The Morgan fingerprint density at radius 2 is 1.93 bits per heavy atom. The van der Waals surface area contributed by atoms with Gasteiger partial charge in [-0.1, -0.05) is 20.4 Å². The van der Waals surface area contributed by atoms with Gasteiger partial charge in [0.1, 0.15) is 11.5 Å². The van der Waals surface area contributed by atoms with Crippen molar-refractivity contribution in [3.63, 3.8) is 0 Å². The fraction of sp³-hybridized carbons (Fsp3) is 0.238. The molecule has 0 bridgehead atoms. The molecular weight excluding hydrogens is 372 g/mol. The smallest absolute Gasteiger partial charge is 0.177 e. The largest absolute Gasteiger partial charge is 0.508 e. The van der Waals surface area contributed by atoms with E-state index < -0.39 is 0 Å². The number of aromatic nitrogens is 2. The lowest BCUT2D eigenvalue weighted by atomic mass is 9.97. The fourth-order valence-corrected chi connectivity index (χ4v) is 3.42. The molecule has 3 aromatic rings. The molecule has 0 aliphatic rings. The zero-order chi connectivity index (χ0) is 20.6. The monoisotopic (exact) mass is 396 g/mol. The third kappa shape index (κ3) is 3.41. The number of phenols is 2. The minimum absolute atomic E-state index is 0.0572. The summed E-state index contributed by atoms with van der Waals surface area (Å²) in [6.07, 6.45) is 1.79. The normalized spacial score (nSPS) is 11.0. The molecule has 0 fully saturated rings. The predicted octanol–water partition coefficient (Wildman–Crippen LogP) is 4.09. The van der Waals surface area contributed by atoms with Gasteiger partial charge < -0.3 is 15.5 Å². The number of benzene rings is 2.